The van der Waals surface area contributed by atoms with Gasteiger partial charge in [-0.25, -0.2) is 0 Å². The fraction of sp³-hybridized carbons (Fsp3) is 0.923. The third-order valence-electron chi connectivity index (χ3n) is 2.83. The highest BCUT2D eigenvalue weighted by Gasteiger charge is 2.45. The van der Waals surface area contributed by atoms with Crippen LogP contribution in [0.1, 0.15) is 52.9 Å². The van der Waals surface area contributed by atoms with Crippen LogP contribution in [0.15, 0.2) is 0 Å². The highest BCUT2D eigenvalue weighted by molar-refractivity contribution is 5.73. The summed E-state index contributed by atoms with van der Waals surface area (Å²) < 4.78 is 42.8. The summed E-state index contributed by atoms with van der Waals surface area (Å²) >= 11 is 0. The molecule has 0 aromatic carbocycles. The summed E-state index contributed by atoms with van der Waals surface area (Å²) in [5.41, 5.74) is 5.16. The van der Waals surface area contributed by atoms with Gasteiger partial charge in [0, 0.05) is 0 Å². The Bertz CT molecular complexity index is 267. The third kappa shape index (κ3) is 7.40. The zero-order chi connectivity index (χ0) is 15.1. The summed E-state index contributed by atoms with van der Waals surface area (Å²) in [5.74, 6) is -2.16. The van der Waals surface area contributed by atoms with Crippen molar-refractivity contribution in [3.05, 3.63) is 0 Å². The summed E-state index contributed by atoms with van der Waals surface area (Å²) in [4.78, 5) is 11.7. The van der Waals surface area contributed by atoms with Crippen LogP contribution in [-0.2, 0) is 9.53 Å². The highest BCUT2D eigenvalue weighted by atomic mass is 19.4. The molecule has 0 fully saturated rings. The van der Waals surface area contributed by atoms with Gasteiger partial charge in [-0.2, -0.15) is 13.2 Å². The van der Waals surface area contributed by atoms with Crippen molar-refractivity contribution < 1.29 is 22.7 Å². The lowest BCUT2D eigenvalue weighted by molar-refractivity contribution is -0.179. The minimum atomic E-state index is -4.58. The predicted molar refractivity (Wildman–Crippen MR) is 67.5 cm³/mol. The number of hydrogen-bond acceptors (Lipinski definition) is 3. The molecule has 2 atom stereocenters. The monoisotopic (exact) mass is 283 g/mol. The van der Waals surface area contributed by atoms with Crippen LogP contribution < -0.4 is 5.73 Å². The molecule has 0 spiro atoms. The molecule has 19 heavy (non-hydrogen) atoms. The summed E-state index contributed by atoms with van der Waals surface area (Å²) in [7, 11) is 0. The van der Waals surface area contributed by atoms with Crippen LogP contribution in [0.25, 0.3) is 0 Å². The van der Waals surface area contributed by atoms with Crippen molar-refractivity contribution in [3.63, 3.8) is 0 Å². The lowest BCUT2D eigenvalue weighted by Crippen LogP contribution is -2.47. The number of halogens is 3. The zero-order valence-corrected chi connectivity index (χ0v) is 11.8. The van der Waals surface area contributed by atoms with Gasteiger partial charge >= 0.3 is 12.1 Å². The molecule has 0 saturated carbocycles. The Hall–Kier alpha value is -0.780. The van der Waals surface area contributed by atoms with Crippen molar-refractivity contribution in [3.8, 4) is 0 Å². The molecule has 0 radical (unpaired) electrons. The SMILES string of the molecule is CCCCCC[C@@H](C(=O)OC(C)C)[C@@H](N)C(F)(F)F. The second kappa shape index (κ2) is 8.40. The number of rotatable bonds is 8. The number of alkyl halides is 3. The molecule has 0 aromatic heterocycles. The number of carbonyl (C=O) groups excluding carboxylic acids is 1. The fourth-order valence-electron chi connectivity index (χ4n) is 1.78. The van der Waals surface area contributed by atoms with E-state index < -0.39 is 30.2 Å². The van der Waals surface area contributed by atoms with Crippen molar-refractivity contribution in [2.45, 2.75) is 71.2 Å². The van der Waals surface area contributed by atoms with Crippen LogP contribution in [0, 0.1) is 5.92 Å². The zero-order valence-electron chi connectivity index (χ0n) is 11.8. The van der Waals surface area contributed by atoms with Gasteiger partial charge in [0.1, 0.15) is 6.04 Å². The van der Waals surface area contributed by atoms with Crippen molar-refractivity contribution in [1.82, 2.24) is 0 Å². The lowest BCUT2D eigenvalue weighted by Gasteiger charge is -2.25. The number of ether oxygens (including phenoxy) is 1. The van der Waals surface area contributed by atoms with E-state index in [-0.39, 0.29) is 6.42 Å². The summed E-state index contributed by atoms with van der Waals surface area (Å²) in [6.45, 7) is 5.21. The number of hydrogen-bond donors (Lipinski definition) is 1. The van der Waals surface area contributed by atoms with Gasteiger partial charge in [-0.1, -0.05) is 32.6 Å². The average molecular weight is 283 g/mol. The largest absolute Gasteiger partial charge is 0.463 e. The van der Waals surface area contributed by atoms with Crippen LogP contribution in [0.5, 0.6) is 0 Å². The van der Waals surface area contributed by atoms with Gasteiger partial charge in [0.25, 0.3) is 0 Å². The van der Waals surface area contributed by atoms with Gasteiger partial charge in [-0.05, 0) is 20.3 Å². The smallest absolute Gasteiger partial charge is 0.404 e. The van der Waals surface area contributed by atoms with E-state index in [1.54, 1.807) is 13.8 Å². The minimum absolute atomic E-state index is 0.117. The normalized spacial score (nSPS) is 15.4. The molecule has 0 aliphatic rings. The number of nitrogens with two attached hydrogens (primary N) is 1. The molecule has 0 unspecified atom stereocenters. The second-order valence-electron chi connectivity index (χ2n) is 5.01. The van der Waals surface area contributed by atoms with E-state index in [1.165, 1.54) is 0 Å². The van der Waals surface area contributed by atoms with Crippen LogP contribution in [-0.4, -0.2) is 24.3 Å². The molecule has 0 amide bonds. The Morgan fingerprint density at radius 2 is 1.79 bits per heavy atom. The van der Waals surface area contributed by atoms with E-state index in [4.69, 9.17) is 10.5 Å². The first-order chi connectivity index (χ1) is 8.70. The summed E-state index contributed by atoms with van der Waals surface area (Å²) in [5, 5.41) is 0. The van der Waals surface area contributed by atoms with Gasteiger partial charge in [0.05, 0.1) is 12.0 Å². The van der Waals surface area contributed by atoms with Gasteiger partial charge in [-0.3, -0.25) is 4.79 Å². The number of unbranched alkanes of at least 4 members (excludes halogenated alkanes) is 3. The fourth-order valence-corrected chi connectivity index (χ4v) is 1.78. The van der Waals surface area contributed by atoms with Gasteiger partial charge in [0.15, 0.2) is 0 Å². The third-order valence-corrected chi connectivity index (χ3v) is 2.83. The molecule has 0 saturated heterocycles. The van der Waals surface area contributed by atoms with Crippen molar-refractivity contribution in [2.24, 2.45) is 11.7 Å². The first-order valence-electron chi connectivity index (χ1n) is 6.72. The van der Waals surface area contributed by atoms with Crippen LogP contribution in [0.4, 0.5) is 13.2 Å². The van der Waals surface area contributed by atoms with Gasteiger partial charge in [-0.15, -0.1) is 0 Å². The van der Waals surface area contributed by atoms with E-state index in [9.17, 15) is 18.0 Å². The maximum Gasteiger partial charge on any atom is 0.404 e. The van der Waals surface area contributed by atoms with E-state index >= 15 is 0 Å². The number of esters is 1. The summed E-state index contributed by atoms with van der Waals surface area (Å²) in [6, 6.07) is -2.15. The Morgan fingerprint density at radius 1 is 1.21 bits per heavy atom. The molecule has 2 N–H and O–H groups in total. The minimum Gasteiger partial charge on any atom is -0.463 e. The highest BCUT2D eigenvalue weighted by Crippen LogP contribution is 2.28. The molecule has 6 heteroatoms. The molecule has 0 rings (SSSR count). The Labute approximate surface area is 112 Å². The molecule has 0 bridgehead atoms. The summed E-state index contributed by atoms with van der Waals surface area (Å²) in [6.07, 6.45) is -1.63. The van der Waals surface area contributed by atoms with Crippen molar-refractivity contribution in [2.75, 3.05) is 0 Å². The average Bonchev–Trinajstić information content (AvgIpc) is 2.26. The van der Waals surface area contributed by atoms with Crippen LogP contribution in [0.3, 0.4) is 0 Å². The van der Waals surface area contributed by atoms with E-state index in [2.05, 4.69) is 0 Å². The van der Waals surface area contributed by atoms with E-state index in [1.807, 2.05) is 6.92 Å². The molecule has 0 heterocycles. The first kappa shape index (κ1) is 18.2. The topological polar surface area (TPSA) is 52.3 Å². The maximum atomic E-state index is 12.6. The molecule has 3 nitrogen and oxygen atoms in total. The van der Waals surface area contributed by atoms with E-state index in [0.717, 1.165) is 19.3 Å². The van der Waals surface area contributed by atoms with Crippen LogP contribution >= 0.6 is 0 Å². The second-order valence-corrected chi connectivity index (χ2v) is 5.01. The molecular weight excluding hydrogens is 259 g/mol. The standard InChI is InChI=1S/C13H24F3NO2/c1-4-5-6-7-8-10(11(17)13(14,15)16)12(18)19-9(2)3/h9-11H,4-8,17H2,1-3H3/t10-,11-/m1/s1. The molecular formula is C13H24F3NO2. The Balaban J connectivity index is 4.59. The van der Waals surface area contributed by atoms with E-state index in [0.29, 0.717) is 6.42 Å². The predicted octanol–water partition coefficient (Wildman–Crippen LogP) is 3.41. The Morgan fingerprint density at radius 3 is 2.21 bits per heavy atom. The van der Waals surface area contributed by atoms with Crippen molar-refractivity contribution >= 4 is 5.97 Å². The first-order valence-corrected chi connectivity index (χ1v) is 6.72. The van der Waals surface area contributed by atoms with Gasteiger partial charge in [0.2, 0.25) is 0 Å². The molecule has 0 aliphatic carbocycles. The maximum absolute atomic E-state index is 12.6. The Kier molecular flexibility index (Phi) is 8.06. The number of carbonyl (C=O) groups is 1. The molecule has 0 aliphatic heterocycles. The van der Waals surface area contributed by atoms with Crippen LogP contribution in [0.2, 0.25) is 0 Å². The van der Waals surface area contributed by atoms with Gasteiger partial charge < -0.3 is 10.5 Å². The molecule has 114 valence electrons. The van der Waals surface area contributed by atoms with Crippen molar-refractivity contribution in [1.29, 1.82) is 0 Å². The lowest BCUT2D eigenvalue weighted by atomic mass is 9.93. The molecule has 0 aromatic rings. The quantitative estimate of drug-likeness (QED) is 0.548.